The van der Waals surface area contributed by atoms with E-state index >= 15 is 0 Å². The van der Waals surface area contributed by atoms with Crippen LogP contribution in [0.25, 0.3) is 0 Å². The number of hydrogen-bond acceptors (Lipinski definition) is 3. The molecule has 98 valence electrons. The largest absolute Gasteiger partial charge is 0.480 e. The van der Waals surface area contributed by atoms with Crippen LogP contribution in [-0.2, 0) is 4.79 Å². The van der Waals surface area contributed by atoms with Gasteiger partial charge in [-0.25, -0.2) is 0 Å². The molecule has 1 saturated carbocycles. The molecule has 4 nitrogen and oxygen atoms in total. The Labute approximate surface area is 103 Å². The number of likely N-dealkylation sites (tertiary alicyclic amines) is 1. The first kappa shape index (κ1) is 12.8. The topological polar surface area (TPSA) is 52.6 Å². The zero-order chi connectivity index (χ0) is 12.5. The first-order valence-electron chi connectivity index (χ1n) is 6.80. The summed E-state index contributed by atoms with van der Waals surface area (Å²) in [4.78, 5) is 13.8. The van der Waals surface area contributed by atoms with Gasteiger partial charge in [0.15, 0.2) is 0 Å². The molecule has 2 unspecified atom stereocenters. The SMILES string of the molecule is CCN1CCCC1CNC(C)(C(=O)O)C1CC1. The van der Waals surface area contributed by atoms with Crippen LogP contribution in [0, 0.1) is 5.92 Å². The average molecular weight is 240 g/mol. The highest BCUT2D eigenvalue weighted by Crippen LogP contribution is 2.39. The van der Waals surface area contributed by atoms with Crippen LogP contribution in [-0.4, -0.2) is 47.2 Å². The quantitative estimate of drug-likeness (QED) is 0.735. The zero-order valence-electron chi connectivity index (χ0n) is 10.9. The van der Waals surface area contributed by atoms with Crippen LogP contribution < -0.4 is 5.32 Å². The lowest BCUT2D eigenvalue weighted by atomic mass is 9.95. The third kappa shape index (κ3) is 2.63. The van der Waals surface area contributed by atoms with Crippen LogP contribution in [0.1, 0.15) is 39.5 Å². The Bertz CT molecular complexity index is 291. The van der Waals surface area contributed by atoms with Gasteiger partial charge in [-0.3, -0.25) is 9.69 Å². The van der Waals surface area contributed by atoms with Gasteiger partial charge in [-0.05, 0) is 51.6 Å². The van der Waals surface area contributed by atoms with Gasteiger partial charge in [-0.15, -0.1) is 0 Å². The smallest absolute Gasteiger partial charge is 0.323 e. The van der Waals surface area contributed by atoms with Gasteiger partial charge in [-0.1, -0.05) is 6.92 Å². The van der Waals surface area contributed by atoms with E-state index in [1.54, 1.807) is 0 Å². The van der Waals surface area contributed by atoms with E-state index < -0.39 is 11.5 Å². The van der Waals surface area contributed by atoms with Crippen LogP contribution in [0.4, 0.5) is 0 Å². The molecule has 1 aliphatic carbocycles. The molecule has 0 amide bonds. The van der Waals surface area contributed by atoms with Gasteiger partial charge in [-0.2, -0.15) is 0 Å². The van der Waals surface area contributed by atoms with Gasteiger partial charge in [0.2, 0.25) is 0 Å². The monoisotopic (exact) mass is 240 g/mol. The van der Waals surface area contributed by atoms with Crippen molar-refractivity contribution in [2.24, 2.45) is 5.92 Å². The summed E-state index contributed by atoms with van der Waals surface area (Å²) < 4.78 is 0. The molecular weight excluding hydrogens is 216 g/mol. The molecule has 17 heavy (non-hydrogen) atoms. The highest BCUT2D eigenvalue weighted by atomic mass is 16.4. The predicted molar refractivity (Wildman–Crippen MR) is 67.0 cm³/mol. The Morgan fingerprint density at radius 1 is 1.47 bits per heavy atom. The van der Waals surface area contributed by atoms with Gasteiger partial charge in [0.25, 0.3) is 0 Å². The van der Waals surface area contributed by atoms with E-state index in [9.17, 15) is 9.90 Å². The molecule has 2 rings (SSSR count). The third-order valence-electron chi connectivity index (χ3n) is 4.45. The number of nitrogens with one attached hydrogen (secondary N) is 1. The Balaban J connectivity index is 1.89. The van der Waals surface area contributed by atoms with Gasteiger partial charge in [0, 0.05) is 12.6 Å². The zero-order valence-corrected chi connectivity index (χ0v) is 10.9. The second-order valence-electron chi connectivity index (χ2n) is 5.59. The molecule has 2 fully saturated rings. The lowest BCUT2D eigenvalue weighted by molar-refractivity contribution is -0.145. The van der Waals surface area contributed by atoms with E-state index in [4.69, 9.17) is 0 Å². The molecular formula is C13H24N2O2. The molecule has 2 aliphatic rings. The van der Waals surface area contributed by atoms with Crippen LogP contribution >= 0.6 is 0 Å². The molecule has 0 radical (unpaired) electrons. The van der Waals surface area contributed by atoms with Crippen molar-refractivity contribution >= 4 is 5.97 Å². The molecule has 1 heterocycles. The van der Waals surface area contributed by atoms with E-state index in [0.717, 1.165) is 32.5 Å². The number of nitrogens with zero attached hydrogens (tertiary/aromatic N) is 1. The maximum atomic E-state index is 11.4. The van der Waals surface area contributed by atoms with E-state index in [-0.39, 0.29) is 0 Å². The van der Waals surface area contributed by atoms with E-state index in [0.29, 0.717) is 12.0 Å². The number of hydrogen-bond donors (Lipinski definition) is 2. The Morgan fingerprint density at radius 3 is 2.71 bits per heavy atom. The summed E-state index contributed by atoms with van der Waals surface area (Å²) in [6.45, 7) is 7.07. The van der Waals surface area contributed by atoms with E-state index in [1.165, 1.54) is 12.8 Å². The molecule has 2 atom stereocenters. The molecule has 0 aromatic carbocycles. The molecule has 0 aromatic rings. The fourth-order valence-electron chi connectivity index (χ4n) is 2.93. The Hall–Kier alpha value is -0.610. The van der Waals surface area contributed by atoms with E-state index in [1.807, 2.05) is 6.92 Å². The third-order valence-corrected chi connectivity index (χ3v) is 4.45. The maximum absolute atomic E-state index is 11.4. The van der Waals surface area contributed by atoms with Gasteiger partial charge in [0.05, 0.1) is 0 Å². The minimum Gasteiger partial charge on any atom is -0.480 e. The highest BCUT2D eigenvalue weighted by Gasteiger charge is 2.47. The number of aliphatic carboxylic acids is 1. The molecule has 1 aliphatic heterocycles. The average Bonchev–Trinajstić information content (AvgIpc) is 3.06. The first-order valence-corrected chi connectivity index (χ1v) is 6.80. The van der Waals surface area contributed by atoms with Crippen molar-refractivity contribution in [3.63, 3.8) is 0 Å². The second-order valence-corrected chi connectivity index (χ2v) is 5.59. The van der Waals surface area contributed by atoms with Crippen LogP contribution in [0.3, 0.4) is 0 Å². The van der Waals surface area contributed by atoms with E-state index in [2.05, 4.69) is 17.1 Å². The van der Waals surface area contributed by atoms with Crippen molar-refractivity contribution < 1.29 is 9.90 Å². The molecule has 4 heteroatoms. The van der Waals surface area contributed by atoms with Crippen LogP contribution in [0.5, 0.6) is 0 Å². The normalized spacial score (nSPS) is 29.2. The first-order chi connectivity index (χ1) is 8.08. The summed E-state index contributed by atoms with van der Waals surface area (Å²) in [6, 6.07) is 0.525. The maximum Gasteiger partial charge on any atom is 0.323 e. The summed E-state index contributed by atoms with van der Waals surface area (Å²) >= 11 is 0. The van der Waals surface area contributed by atoms with Gasteiger partial charge >= 0.3 is 5.97 Å². The van der Waals surface area contributed by atoms with Crippen molar-refractivity contribution in [2.45, 2.75) is 51.1 Å². The van der Waals surface area contributed by atoms with Crippen molar-refractivity contribution in [1.82, 2.24) is 10.2 Å². The molecule has 0 spiro atoms. The molecule has 0 aromatic heterocycles. The highest BCUT2D eigenvalue weighted by molar-refractivity contribution is 5.79. The number of likely N-dealkylation sites (N-methyl/N-ethyl adjacent to an activating group) is 1. The molecule has 0 bridgehead atoms. The van der Waals surface area contributed by atoms with Crippen LogP contribution in [0.15, 0.2) is 0 Å². The number of carboxylic acids is 1. The number of rotatable bonds is 6. The Morgan fingerprint density at radius 2 is 2.18 bits per heavy atom. The summed E-state index contributed by atoms with van der Waals surface area (Å²) in [5.41, 5.74) is -0.706. The van der Waals surface area contributed by atoms with Crippen molar-refractivity contribution in [2.75, 3.05) is 19.6 Å². The predicted octanol–water partition coefficient (Wildman–Crippen LogP) is 1.31. The molecule has 1 saturated heterocycles. The fourth-order valence-corrected chi connectivity index (χ4v) is 2.93. The minimum atomic E-state index is -0.706. The number of carbonyl (C=O) groups is 1. The lowest BCUT2D eigenvalue weighted by Crippen LogP contribution is -2.55. The summed E-state index contributed by atoms with van der Waals surface area (Å²) in [5, 5.41) is 12.7. The van der Waals surface area contributed by atoms with Crippen molar-refractivity contribution in [1.29, 1.82) is 0 Å². The number of carboxylic acid groups (broad SMARTS) is 1. The second kappa shape index (κ2) is 4.94. The van der Waals surface area contributed by atoms with Crippen molar-refractivity contribution in [3.05, 3.63) is 0 Å². The summed E-state index contributed by atoms with van der Waals surface area (Å²) in [6.07, 6.45) is 4.55. The van der Waals surface area contributed by atoms with Gasteiger partial charge in [0.1, 0.15) is 5.54 Å². The summed E-state index contributed by atoms with van der Waals surface area (Å²) in [7, 11) is 0. The fraction of sp³-hybridized carbons (Fsp3) is 0.923. The lowest BCUT2D eigenvalue weighted by Gasteiger charge is -2.30. The van der Waals surface area contributed by atoms with Crippen LogP contribution in [0.2, 0.25) is 0 Å². The molecule has 2 N–H and O–H groups in total. The van der Waals surface area contributed by atoms with Gasteiger partial charge < -0.3 is 10.4 Å². The standard InChI is InChI=1S/C13H24N2O2/c1-3-15-8-4-5-11(15)9-14-13(2,12(16)17)10-6-7-10/h10-11,14H,3-9H2,1-2H3,(H,16,17). The Kier molecular flexibility index (Phi) is 3.73. The van der Waals surface area contributed by atoms with Crippen molar-refractivity contribution in [3.8, 4) is 0 Å². The summed E-state index contributed by atoms with van der Waals surface area (Å²) in [5.74, 6) is -0.363. The minimum absolute atomic E-state index is 0.330.